The Bertz CT molecular complexity index is 376. The number of aromatic nitrogens is 2. The van der Waals surface area contributed by atoms with Crippen LogP contribution < -0.4 is 5.32 Å². The van der Waals surface area contributed by atoms with Crippen molar-refractivity contribution in [2.75, 3.05) is 26.8 Å². The molecule has 4 heteroatoms. The van der Waals surface area contributed by atoms with Crippen molar-refractivity contribution in [2.24, 2.45) is 5.41 Å². The zero-order valence-electron chi connectivity index (χ0n) is 13.8. The summed E-state index contributed by atoms with van der Waals surface area (Å²) in [6.45, 7) is 11.6. The Kier molecular flexibility index (Phi) is 7.24. The van der Waals surface area contributed by atoms with Crippen molar-refractivity contribution < 1.29 is 4.74 Å². The quantitative estimate of drug-likeness (QED) is 0.670. The minimum atomic E-state index is 0.263. The average Bonchev–Trinajstić information content (AvgIpc) is 2.83. The molecule has 1 unspecified atom stereocenters. The Labute approximate surface area is 123 Å². The van der Waals surface area contributed by atoms with Gasteiger partial charge in [0.05, 0.1) is 12.3 Å². The first-order valence-electron chi connectivity index (χ1n) is 7.74. The van der Waals surface area contributed by atoms with Gasteiger partial charge in [0.1, 0.15) is 0 Å². The zero-order chi connectivity index (χ0) is 15.0. The summed E-state index contributed by atoms with van der Waals surface area (Å²) in [5.41, 5.74) is 1.46. The second-order valence-corrected chi connectivity index (χ2v) is 6.29. The third-order valence-corrected chi connectivity index (χ3v) is 3.69. The molecule has 0 radical (unpaired) electrons. The summed E-state index contributed by atoms with van der Waals surface area (Å²) >= 11 is 0. The van der Waals surface area contributed by atoms with Crippen molar-refractivity contribution in [1.82, 2.24) is 15.1 Å². The summed E-state index contributed by atoms with van der Waals surface area (Å²) in [4.78, 5) is 0. The lowest BCUT2D eigenvalue weighted by atomic mass is 9.81. The Hall–Kier alpha value is -0.870. The van der Waals surface area contributed by atoms with E-state index in [1.165, 1.54) is 18.5 Å². The summed E-state index contributed by atoms with van der Waals surface area (Å²) < 4.78 is 7.13. The molecular formula is C16H31N3O. The Morgan fingerprint density at radius 1 is 1.45 bits per heavy atom. The minimum absolute atomic E-state index is 0.263. The maximum Gasteiger partial charge on any atom is 0.0630 e. The van der Waals surface area contributed by atoms with Crippen LogP contribution in [-0.2, 0) is 11.2 Å². The molecular weight excluding hydrogens is 250 g/mol. The number of ether oxygens (including phenoxy) is 1. The van der Waals surface area contributed by atoms with Gasteiger partial charge < -0.3 is 10.1 Å². The maximum absolute atomic E-state index is 5.09. The van der Waals surface area contributed by atoms with Gasteiger partial charge in [-0.05, 0) is 38.2 Å². The van der Waals surface area contributed by atoms with Crippen LogP contribution in [0.1, 0.15) is 52.3 Å². The first-order valence-corrected chi connectivity index (χ1v) is 7.74. The largest absolute Gasteiger partial charge is 0.383 e. The SMILES string of the molecule is CCCC(C)(CNCCOC)Cc1ccn(C(C)C)n1. The fourth-order valence-electron chi connectivity index (χ4n) is 2.60. The van der Waals surface area contributed by atoms with Gasteiger partial charge in [-0.15, -0.1) is 0 Å². The summed E-state index contributed by atoms with van der Waals surface area (Å²) in [6, 6.07) is 2.59. The van der Waals surface area contributed by atoms with Gasteiger partial charge in [0.2, 0.25) is 0 Å². The molecule has 0 aliphatic rings. The van der Waals surface area contributed by atoms with E-state index in [1.807, 2.05) is 4.68 Å². The van der Waals surface area contributed by atoms with Crippen LogP contribution in [0.2, 0.25) is 0 Å². The number of methoxy groups -OCH3 is 1. The number of rotatable bonds is 10. The summed E-state index contributed by atoms with van der Waals surface area (Å²) in [7, 11) is 1.74. The molecule has 1 heterocycles. The van der Waals surface area contributed by atoms with Gasteiger partial charge in [0.15, 0.2) is 0 Å². The van der Waals surface area contributed by atoms with E-state index in [9.17, 15) is 0 Å². The normalized spacial score (nSPS) is 14.7. The highest BCUT2D eigenvalue weighted by Crippen LogP contribution is 2.27. The molecule has 0 saturated heterocycles. The van der Waals surface area contributed by atoms with Gasteiger partial charge in [-0.2, -0.15) is 5.10 Å². The van der Waals surface area contributed by atoms with E-state index < -0.39 is 0 Å². The van der Waals surface area contributed by atoms with Gasteiger partial charge >= 0.3 is 0 Å². The summed E-state index contributed by atoms with van der Waals surface area (Å²) in [5.74, 6) is 0. The van der Waals surface area contributed by atoms with Crippen molar-refractivity contribution in [3.63, 3.8) is 0 Å². The molecule has 0 aliphatic carbocycles. The van der Waals surface area contributed by atoms with Crippen LogP contribution in [0.15, 0.2) is 12.3 Å². The molecule has 1 aromatic rings. The number of hydrogen-bond donors (Lipinski definition) is 1. The van der Waals surface area contributed by atoms with Gasteiger partial charge in [-0.25, -0.2) is 0 Å². The van der Waals surface area contributed by atoms with Crippen molar-refractivity contribution >= 4 is 0 Å². The first kappa shape index (κ1) is 17.2. The minimum Gasteiger partial charge on any atom is -0.383 e. The summed E-state index contributed by atoms with van der Waals surface area (Å²) in [5, 5.41) is 8.19. The molecule has 0 aromatic carbocycles. The van der Waals surface area contributed by atoms with Crippen molar-refractivity contribution in [2.45, 2.75) is 53.0 Å². The molecule has 0 fully saturated rings. The Morgan fingerprint density at radius 3 is 2.75 bits per heavy atom. The third-order valence-electron chi connectivity index (χ3n) is 3.69. The topological polar surface area (TPSA) is 39.1 Å². The fraction of sp³-hybridized carbons (Fsp3) is 0.812. The van der Waals surface area contributed by atoms with E-state index in [1.54, 1.807) is 7.11 Å². The van der Waals surface area contributed by atoms with Crippen LogP contribution in [-0.4, -0.2) is 36.6 Å². The average molecular weight is 281 g/mol. The van der Waals surface area contributed by atoms with Gasteiger partial charge in [0.25, 0.3) is 0 Å². The highest BCUT2D eigenvalue weighted by atomic mass is 16.5. The molecule has 20 heavy (non-hydrogen) atoms. The molecule has 0 spiro atoms. The van der Waals surface area contributed by atoms with Crippen LogP contribution in [0, 0.1) is 5.41 Å². The molecule has 0 saturated carbocycles. The van der Waals surface area contributed by atoms with Crippen LogP contribution in [0.25, 0.3) is 0 Å². The predicted octanol–water partition coefficient (Wildman–Crippen LogP) is 3.05. The number of nitrogens with zero attached hydrogens (tertiary/aromatic N) is 2. The second kappa shape index (κ2) is 8.42. The molecule has 1 atom stereocenters. The number of nitrogens with one attached hydrogen (secondary N) is 1. The van der Waals surface area contributed by atoms with Gasteiger partial charge in [-0.3, -0.25) is 4.68 Å². The molecule has 0 aliphatic heterocycles. The van der Waals surface area contributed by atoms with Crippen LogP contribution in [0.4, 0.5) is 0 Å². The van der Waals surface area contributed by atoms with Crippen molar-refractivity contribution in [3.8, 4) is 0 Å². The monoisotopic (exact) mass is 281 g/mol. The Balaban J connectivity index is 2.59. The maximum atomic E-state index is 5.09. The van der Waals surface area contributed by atoms with E-state index in [0.717, 1.165) is 26.1 Å². The van der Waals surface area contributed by atoms with Gasteiger partial charge in [-0.1, -0.05) is 20.3 Å². The Morgan fingerprint density at radius 2 is 2.20 bits per heavy atom. The summed E-state index contributed by atoms with van der Waals surface area (Å²) in [6.07, 6.45) is 5.53. The molecule has 0 bridgehead atoms. The molecule has 1 aromatic heterocycles. The van der Waals surface area contributed by atoms with E-state index in [4.69, 9.17) is 4.74 Å². The molecule has 4 nitrogen and oxygen atoms in total. The van der Waals surface area contributed by atoms with Crippen molar-refractivity contribution in [1.29, 1.82) is 0 Å². The fourth-order valence-corrected chi connectivity index (χ4v) is 2.60. The van der Waals surface area contributed by atoms with E-state index >= 15 is 0 Å². The van der Waals surface area contributed by atoms with Gasteiger partial charge in [0, 0.05) is 32.4 Å². The highest BCUT2D eigenvalue weighted by molar-refractivity contribution is 5.03. The number of hydrogen-bond acceptors (Lipinski definition) is 3. The third kappa shape index (κ3) is 5.63. The molecule has 1 rings (SSSR count). The molecule has 0 amide bonds. The smallest absolute Gasteiger partial charge is 0.0630 e. The lowest BCUT2D eigenvalue weighted by molar-refractivity contribution is 0.189. The predicted molar refractivity (Wildman–Crippen MR) is 84.1 cm³/mol. The van der Waals surface area contributed by atoms with Crippen molar-refractivity contribution in [3.05, 3.63) is 18.0 Å². The zero-order valence-corrected chi connectivity index (χ0v) is 13.8. The van der Waals surface area contributed by atoms with Crippen LogP contribution in [0.5, 0.6) is 0 Å². The molecule has 1 N–H and O–H groups in total. The van der Waals surface area contributed by atoms with Crippen LogP contribution in [0.3, 0.4) is 0 Å². The van der Waals surface area contributed by atoms with E-state index in [0.29, 0.717) is 6.04 Å². The lowest BCUT2D eigenvalue weighted by Crippen LogP contribution is -2.35. The second-order valence-electron chi connectivity index (χ2n) is 6.29. The first-order chi connectivity index (χ1) is 9.50. The molecule has 116 valence electrons. The highest BCUT2D eigenvalue weighted by Gasteiger charge is 2.24. The van der Waals surface area contributed by atoms with E-state index in [2.05, 4.69) is 50.4 Å². The standard InChI is InChI=1S/C16H31N3O/c1-6-8-16(4,13-17-9-11-20-5)12-15-7-10-19(18-15)14(2)3/h7,10,14,17H,6,8-9,11-13H2,1-5H3. The lowest BCUT2D eigenvalue weighted by Gasteiger charge is -2.29. The van der Waals surface area contributed by atoms with E-state index in [-0.39, 0.29) is 5.41 Å². The van der Waals surface area contributed by atoms with Crippen LogP contribution >= 0.6 is 0 Å².